The maximum absolute atomic E-state index is 13.3. The highest BCUT2D eigenvalue weighted by atomic mass is 19.1. The van der Waals surface area contributed by atoms with Crippen molar-refractivity contribution in [3.05, 3.63) is 95.2 Å². The smallest absolute Gasteiger partial charge is 0.219 e. The van der Waals surface area contributed by atoms with E-state index in [9.17, 15) is 9.50 Å². The third kappa shape index (κ3) is 4.15. The van der Waals surface area contributed by atoms with Gasteiger partial charge < -0.3 is 5.11 Å². The number of hydrogen-bond acceptors (Lipinski definition) is 3. The van der Waals surface area contributed by atoms with Crippen LogP contribution in [0.25, 0.3) is 16.9 Å². The van der Waals surface area contributed by atoms with Gasteiger partial charge in [-0.05, 0) is 62.3 Å². The number of aryl methyl sites for hydroxylation is 1. The molecule has 162 valence electrons. The van der Waals surface area contributed by atoms with Gasteiger partial charge in [0.15, 0.2) is 5.65 Å². The third-order valence-corrected chi connectivity index (χ3v) is 6.18. The molecule has 0 saturated heterocycles. The fourth-order valence-corrected chi connectivity index (χ4v) is 4.45. The van der Waals surface area contributed by atoms with E-state index in [0.29, 0.717) is 23.7 Å². The first kappa shape index (κ1) is 20.4. The fourth-order valence-electron chi connectivity index (χ4n) is 4.45. The highest BCUT2D eigenvalue weighted by molar-refractivity contribution is 5.63. The molecule has 2 aromatic heterocycles. The summed E-state index contributed by atoms with van der Waals surface area (Å²) in [5.74, 6) is 0.359. The molecule has 1 aliphatic carbocycles. The zero-order valence-corrected chi connectivity index (χ0v) is 18.1. The molecule has 0 spiro atoms. The Hall–Kier alpha value is -3.47. The summed E-state index contributed by atoms with van der Waals surface area (Å²) in [6, 6.07) is 14.6. The lowest BCUT2D eigenvalue weighted by atomic mass is 9.90. The highest BCUT2D eigenvalue weighted by Gasteiger charge is 2.20. The van der Waals surface area contributed by atoms with Crippen molar-refractivity contribution in [2.75, 3.05) is 0 Å². The van der Waals surface area contributed by atoms with Gasteiger partial charge >= 0.3 is 0 Å². The Morgan fingerprint density at radius 2 is 1.91 bits per heavy atom. The summed E-state index contributed by atoms with van der Waals surface area (Å²) >= 11 is 0. The predicted octanol–water partition coefficient (Wildman–Crippen LogP) is 6.04. The van der Waals surface area contributed by atoms with Gasteiger partial charge in [-0.2, -0.15) is 0 Å². The van der Waals surface area contributed by atoms with E-state index in [2.05, 4.69) is 31.2 Å². The first-order valence-corrected chi connectivity index (χ1v) is 11.1. The Morgan fingerprint density at radius 1 is 1.06 bits per heavy atom. The van der Waals surface area contributed by atoms with Crippen molar-refractivity contribution in [1.82, 2.24) is 14.4 Å². The van der Waals surface area contributed by atoms with Crippen LogP contribution in [-0.4, -0.2) is 19.5 Å². The standard InChI is InChI=1S/C27H26FN3O/c1-18-6-5-9-21(14-18)25-17-31-26(23(29-25)15-19-7-3-2-4-8-19)30-24(27(31)32)16-20-10-12-22(28)13-11-20/h2-3,5-6,9-14,17,19,32H,4,7-8,15-16H2,1H3. The molecule has 32 heavy (non-hydrogen) atoms. The van der Waals surface area contributed by atoms with Gasteiger partial charge in [0.25, 0.3) is 0 Å². The largest absolute Gasteiger partial charge is 0.493 e. The maximum Gasteiger partial charge on any atom is 0.219 e. The molecule has 0 saturated carbocycles. The lowest BCUT2D eigenvalue weighted by Gasteiger charge is -2.18. The van der Waals surface area contributed by atoms with E-state index >= 15 is 0 Å². The molecule has 5 rings (SSSR count). The van der Waals surface area contributed by atoms with Gasteiger partial charge in [0.1, 0.15) is 11.5 Å². The number of rotatable bonds is 5. The van der Waals surface area contributed by atoms with E-state index in [0.717, 1.165) is 53.8 Å². The Bertz CT molecular complexity index is 1290. The number of imidazole rings is 1. The first-order chi connectivity index (χ1) is 15.6. The van der Waals surface area contributed by atoms with Crippen molar-refractivity contribution >= 4 is 5.65 Å². The van der Waals surface area contributed by atoms with E-state index in [4.69, 9.17) is 9.97 Å². The van der Waals surface area contributed by atoms with Crippen LogP contribution in [0.4, 0.5) is 4.39 Å². The number of halogens is 1. The second-order valence-corrected chi connectivity index (χ2v) is 8.68. The second kappa shape index (κ2) is 8.58. The number of fused-ring (bicyclic) bond motifs is 1. The predicted molar refractivity (Wildman–Crippen MR) is 124 cm³/mol. The Labute approximate surface area is 187 Å². The van der Waals surface area contributed by atoms with Crippen molar-refractivity contribution in [2.45, 2.75) is 39.0 Å². The van der Waals surface area contributed by atoms with Gasteiger partial charge in [-0.25, -0.2) is 14.4 Å². The van der Waals surface area contributed by atoms with Crippen LogP contribution in [0, 0.1) is 18.7 Å². The molecule has 1 unspecified atom stereocenters. The van der Waals surface area contributed by atoms with E-state index in [1.54, 1.807) is 16.5 Å². The van der Waals surface area contributed by atoms with Crippen molar-refractivity contribution < 1.29 is 9.50 Å². The number of nitrogens with zero attached hydrogens (tertiary/aromatic N) is 3. The minimum Gasteiger partial charge on any atom is -0.493 e. The van der Waals surface area contributed by atoms with Gasteiger partial charge in [-0.15, -0.1) is 0 Å². The molecule has 0 fully saturated rings. The van der Waals surface area contributed by atoms with E-state index < -0.39 is 0 Å². The van der Waals surface area contributed by atoms with E-state index in [1.165, 1.54) is 12.1 Å². The molecule has 1 atom stereocenters. The van der Waals surface area contributed by atoms with Crippen LogP contribution >= 0.6 is 0 Å². The molecule has 0 amide bonds. The van der Waals surface area contributed by atoms with Crippen molar-refractivity contribution in [2.24, 2.45) is 5.92 Å². The molecule has 0 aliphatic heterocycles. The molecule has 4 aromatic rings. The molecular formula is C27H26FN3O. The van der Waals surface area contributed by atoms with Gasteiger partial charge in [0.05, 0.1) is 11.4 Å². The highest BCUT2D eigenvalue weighted by Crippen LogP contribution is 2.30. The molecule has 2 heterocycles. The van der Waals surface area contributed by atoms with E-state index in [-0.39, 0.29) is 11.7 Å². The first-order valence-electron chi connectivity index (χ1n) is 11.1. The quantitative estimate of drug-likeness (QED) is 0.395. The summed E-state index contributed by atoms with van der Waals surface area (Å²) in [7, 11) is 0. The monoisotopic (exact) mass is 427 g/mol. The number of hydrogen-bond donors (Lipinski definition) is 1. The SMILES string of the molecule is Cc1cccc(-c2cn3c(O)c(Cc4ccc(F)cc4)nc3c(CC3CC=CCC3)n2)c1. The van der Waals surface area contributed by atoms with Crippen molar-refractivity contribution in [3.8, 4) is 17.1 Å². The topological polar surface area (TPSA) is 50.4 Å². The second-order valence-electron chi connectivity index (χ2n) is 8.68. The van der Waals surface area contributed by atoms with Gasteiger partial charge in [0, 0.05) is 18.2 Å². The van der Waals surface area contributed by atoms with Crippen LogP contribution in [0.1, 0.15) is 41.8 Å². The van der Waals surface area contributed by atoms with Crippen molar-refractivity contribution in [1.29, 1.82) is 0 Å². The van der Waals surface area contributed by atoms with Crippen LogP contribution in [0.2, 0.25) is 0 Å². The average molecular weight is 428 g/mol. The summed E-state index contributed by atoms with van der Waals surface area (Å²) in [6.45, 7) is 2.06. The van der Waals surface area contributed by atoms with Crippen LogP contribution in [0.15, 0.2) is 66.9 Å². The zero-order valence-electron chi connectivity index (χ0n) is 18.1. The number of aromatic hydroxyl groups is 1. The molecule has 1 N–H and O–H groups in total. The summed E-state index contributed by atoms with van der Waals surface area (Å²) in [5.41, 5.74) is 6.08. The Balaban J connectivity index is 1.60. The fraction of sp³-hybridized carbons (Fsp3) is 0.259. The summed E-state index contributed by atoms with van der Waals surface area (Å²) in [4.78, 5) is 9.80. The van der Waals surface area contributed by atoms with Gasteiger partial charge in [0.2, 0.25) is 5.88 Å². The number of aromatic nitrogens is 3. The van der Waals surface area contributed by atoms with Crippen LogP contribution in [0.5, 0.6) is 5.88 Å². The van der Waals surface area contributed by atoms with Crippen LogP contribution in [0.3, 0.4) is 0 Å². The molecule has 1 aliphatic rings. The van der Waals surface area contributed by atoms with Crippen LogP contribution < -0.4 is 0 Å². The number of benzene rings is 2. The van der Waals surface area contributed by atoms with Gasteiger partial charge in [-0.3, -0.25) is 4.40 Å². The summed E-state index contributed by atoms with van der Waals surface area (Å²) in [6.07, 6.45) is 10.9. The molecule has 0 bridgehead atoms. The zero-order chi connectivity index (χ0) is 22.1. The van der Waals surface area contributed by atoms with Crippen LogP contribution in [-0.2, 0) is 12.8 Å². The summed E-state index contributed by atoms with van der Waals surface area (Å²) < 4.78 is 15.1. The molecular weight excluding hydrogens is 401 g/mol. The molecule has 2 aromatic carbocycles. The normalized spacial score (nSPS) is 16.0. The lowest BCUT2D eigenvalue weighted by molar-refractivity contribution is 0.441. The Morgan fingerprint density at radius 3 is 2.66 bits per heavy atom. The minimum atomic E-state index is -0.274. The van der Waals surface area contributed by atoms with Crippen molar-refractivity contribution in [3.63, 3.8) is 0 Å². The van der Waals surface area contributed by atoms with E-state index in [1.807, 2.05) is 18.3 Å². The molecule has 4 nitrogen and oxygen atoms in total. The van der Waals surface area contributed by atoms with Gasteiger partial charge in [-0.1, -0.05) is 48.0 Å². The molecule has 5 heteroatoms. The lowest BCUT2D eigenvalue weighted by Crippen LogP contribution is -2.10. The maximum atomic E-state index is 13.3. The third-order valence-electron chi connectivity index (χ3n) is 6.18. The average Bonchev–Trinajstić information content (AvgIpc) is 3.12. The molecule has 0 radical (unpaired) electrons. The minimum absolute atomic E-state index is 0.116. The Kier molecular flexibility index (Phi) is 5.48. The summed E-state index contributed by atoms with van der Waals surface area (Å²) in [5, 5.41) is 11.0. The number of allylic oxidation sites excluding steroid dienone is 2.